The van der Waals surface area contributed by atoms with Crippen molar-refractivity contribution in [3.05, 3.63) is 85.1 Å². The summed E-state index contributed by atoms with van der Waals surface area (Å²) in [7, 11) is -10.7. The van der Waals surface area contributed by atoms with E-state index in [1.165, 1.54) is 38.5 Å². The molecule has 17 nitrogen and oxygen atoms in total. The van der Waals surface area contributed by atoms with Crippen molar-refractivity contribution < 1.29 is 81.7 Å². The summed E-state index contributed by atoms with van der Waals surface area (Å²) in [5.41, 5.74) is 0. The fourth-order valence-corrected chi connectivity index (χ4v) is 8.17. The van der Waals surface area contributed by atoms with Crippen molar-refractivity contribution in [2.24, 2.45) is 0 Å². The minimum atomic E-state index is -5.39. The molecule has 7 N–H and O–H groups in total. The molecule has 0 saturated heterocycles. The number of phosphoric acid groups is 2. The fraction of sp³-hybridized carbons (Fsp3) is 0.653. The predicted molar refractivity (Wildman–Crippen MR) is 260 cm³/mol. The van der Waals surface area contributed by atoms with Gasteiger partial charge >= 0.3 is 27.6 Å². The SMILES string of the molecule is CCCCCCCC/C=C\C/C=C\C/C=C\CCCC(=O)OC[C@H](COP(=O)(O)O[C@H]1C(O)C(O)C(O)[C@@H](OP(=O)(O)O)C1O)OC(=O)CCC/C=C\C/C=C\C/C=C\C=C\C(=O)CCCCC. The summed E-state index contributed by atoms with van der Waals surface area (Å²) < 4.78 is 49.2. The number of ketones is 1. The Morgan fingerprint density at radius 1 is 0.515 bits per heavy atom. The number of phosphoric ester groups is 2. The van der Waals surface area contributed by atoms with E-state index in [1.54, 1.807) is 12.2 Å². The second-order valence-electron chi connectivity index (χ2n) is 16.5. The standard InChI is InChI=1S/C49H80O17P2/c1-3-5-7-8-9-10-11-12-13-14-15-16-19-22-25-28-32-36-42(51)62-38-41(39-63-68(60,61)66-49-46(55)44(53)45(54)48(47(49)56)65-67(57,58)59)64-43(52)37-33-29-26-23-20-17-18-21-24-27-31-35-40(50)34-30-6-4-2/h12-13,15-18,22-27,31,35,41,44-49,53-56H,3-11,14,19-21,28-30,32-34,36-39H2,1-2H3,(H,60,61)(H2,57,58,59)/b13-12-,16-15-,18-17-,25-22-,26-23-,27-24-,35-31+/t41-,44?,45?,46?,47?,48-,49+/m1/s1. The van der Waals surface area contributed by atoms with Gasteiger partial charge in [0.15, 0.2) is 11.9 Å². The number of hydrogen-bond acceptors (Lipinski definition) is 14. The third-order valence-electron chi connectivity index (χ3n) is 10.4. The quantitative estimate of drug-likeness (QED) is 0.00758. The molecule has 0 aromatic rings. The van der Waals surface area contributed by atoms with Crippen molar-refractivity contribution in [3.63, 3.8) is 0 Å². The first-order valence-corrected chi connectivity index (χ1v) is 27.1. The van der Waals surface area contributed by atoms with Crippen molar-refractivity contribution in [2.75, 3.05) is 13.2 Å². The number of hydrogen-bond donors (Lipinski definition) is 7. The monoisotopic (exact) mass is 1000 g/mol. The second-order valence-corrected chi connectivity index (χ2v) is 19.1. The summed E-state index contributed by atoms with van der Waals surface area (Å²) in [5.74, 6) is -1.25. The van der Waals surface area contributed by atoms with Crippen molar-refractivity contribution >= 4 is 33.4 Å². The molecule has 1 rings (SSSR count). The molecule has 0 aromatic heterocycles. The summed E-state index contributed by atoms with van der Waals surface area (Å²) in [6, 6.07) is 0. The van der Waals surface area contributed by atoms with Gasteiger partial charge in [-0.15, -0.1) is 0 Å². The molecular weight excluding hydrogens is 922 g/mol. The number of allylic oxidation sites excluding steroid dienone is 14. The molecule has 0 aromatic carbocycles. The Balaban J connectivity index is 2.69. The average molecular weight is 1000 g/mol. The lowest BCUT2D eigenvalue weighted by Gasteiger charge is -2.43. The van der Waals surface area contributed by atoms with Crippen LogP contribution in [0.2, 0.25) is 0 Å². The molecule has 8 atom stereocenters. The van der Waals surface area contributed by atoms with Crippen molar-refractivity contribution in [1.29, 1.82) is 0 Å². The normalized spacial score (nSPS) is 21.9. The van der Waals surface area contributed by atoms with Gasteiger partial charge in [0.05, 0.1) is 6.61 Å². The van der Waals surface area contributed by atoms with Crippen LogP contribution in [0.4, 0.5) is 0 Å². The Morgan fingerprint density at radius 3 is 1.57 bits per heavy atom. The topological polar surface area (TPSA) is 273 Å². The molecule has 1 fully saturated rings. The van der Waals surface area contributed by atoms with Gasteiger partial charge in [0, 0.05) is 19.3 Å². The van der Waals surface area contributed by atoms with E-state index in [-0.39, 0.29) is 18.6 Å². The maximum Gasteiger partial charge on any atom is 0.472 e. The maximum absolute atomic E-state index is 13.0. The van der Waals surface area contributed by atoms with Gasteiger partial charge in [0.1, 0.15) is 43.2 Å². The molecule has 388 valence electrons. The van der Waals surface area contributed by atoms with E-state index in [1.807, 2.05) is 48.6 Å². The first kappa shape index (κ1) is 62.9. The van der Waals surface area contributed by atoms with E-state index >= 15 is 0 Å². The molecule has 19 heteroatoms. The Morgan fingerprint density at radius 2 is 1.00 bits per heavy atom. The number of carbonyl (C=O) groups excluding carboxylic acids is 3. The molecule has 1 aliphatic rings. The molecule has 1 saturated carbocycles. The predicted octanol–water partition coefficient (Wildman–Crippen LogP) is 8.57. The molecule has 1 aliphatic carbocycles. The highest BCUT2D eigenvalue weighted by Crippen LogP contribution is 2.49. The highest BCUT2D eigenvalue weighted by molar-refractivity contribution is 7.47. The summed E-state index contributed by atoms with van der Waals surface area (Å²) in [6.45, 7) is 2.84. The zero-order valence-electron chi connectivity index (χ0n) is 40.0. The van der Waals surface area contributed by atoms with Crippen LogP contribution in [0.3, 0.4) is 0 Å². The summed E-state index contributed by atoms with van der Waals surface area (Å²) in [6.07, 6.45) is 29.6. The van der Waals surface area contributed by atoms with Gasteiger partial charge in [-0.25, -0.2) is 9.13 Å². The minimum Gasteiger partial charge on any atom is -0.462 e. The first-order chi connectivity index (χ1) is 32.5. The number of esters is 2. The number of carbonyl (C=O) groups is 3. The van der Waals surface area contributed by atoms with Crippen molar-refractivity contribution in [2.45, 2.75) is 191 Å². The largest absolute Gasteiger partial charge is 0.472 e. The zero-order chi connectivity index (χ0) is 50.5. The average Bonchev–Trinajstić information content (AvgIpc) is 3.29. The maximum atomic E-state index is 13.0. The first-order valence-electron chi connectivity index (χ1n) is 24.1. The van der Waals surface area contributed by atoms with Gasteiger partial charge in [0.25, 0.3) is 0 Å². The number of aliphatic hydroxyl groups excluding tert-OH is 4. The van der Waals surface area contributed by atoms with Gasteiger partial charge in [-0.3, -0.25) is 28.0 Å². The molecule has 0 amide bonds. The Kier molecular flexibility index (Phi) is 35.7. The summed E-state index contributed by atoms with van der Waals surface area (Å²) in [5, 5.41) is 41.2. The van der Waals surface area contributed by atoms with Crippen LogP contribution >= 0.6 is 15.6 Å². The van der Waals surface area contributed by atoms with E-state index in [4.69, 9.17) is 18.5 Å². The summed E-state index contributed by atoms with van der Waals surface area (Å²) in [4.78, 5) is 66.0. The third-order valence-corrected chi connectivity index (χ3v) is 11.9. The second kappa shape index (κ2) is 38.6. The lowest BCUT2D eigenvalue weighted by Crippen LogP contribution is -2.64. The lowest BCUT2D eigenvalue weighted by molar-refractivity contribution is -0.216. The van der Waals surface area contributed by atoms with E-state index < -0.39 is 83.5 Å². The van der Waals surface area contributed by atoms with Crippen LogP contribution in [0.5, 0.6) is 0 Å². The fourth-order valence-electron chi connectivity index (χ4n) is 6.64. The van der Waals surface area contributed by atoms with Gasteiger partial charge < -0.3 is 44.6 Å². The highest BCUT2D eigenvalue weighted by atomic mass is 31.2. The number of ether oxygens (including phenoxy) is 2. The summed E-state index contributed by atoms with van der Waals surface area (Å²) >= 11 is 0. The van der Waals surface area contributed by atoms with E-state index in [2.05, 4.69) is 42.7 Å². The Hall–Kier alpha value is -3.15. The molecule has 0 radical (unpaired) electrons. The van der Waals surface area contributed by atoms with Gasteiger partial charge in [0.2, 0.25) is 0 Å². The molecule has 0 spiro atoms. The molecule has 5 unspecified atom stereocenters. The van der Waals surface area contributed by atoms with Crippen LogP contribution in [0, 0.1) is 0 Å². The smallest absolute Gasteiger partial charge is 0.462 e. The van der Waals surface area contributed by atoms with Crippen molar-refractivity contribution in [1.82, 2.24) is 0 Å². The number of unbranched alkanes of at least 4 members (excludes halogenated alkanes) is 10. The van der Waals surface area contributed by atoms with Crippen LogP contribution in [0.1, 0.15) is 149 Å². The van der Waals surface area contributed by atoms with Crippen LogP contribution in [0.25, 0.3) is 0 Å². The van der Waals surface area contributed by atoms with E-state index in [0.29, 0.717) is 44.9 Å². The van der Waals surface area contributed by atoms with Gasteiger partial charge in [-0.1, -0.05) is 138 Å². The highest BCUT2D eigenvalue weighted by Gasteiger charge is 2.54. The Bertz CT molecular complexity index is 1700. The van der Waals surface area contributed by atoms with E-state index in [9.17, 15) is 58.6 Å². The minimum absolute atomic E-state index is 0.0210. The van der Waals surface area contributed by atoms with Crippen LogP contribution in [0.15, 0.2) is 85.1 Å². The van der Waals surface area contributed by atoms with E-state index in [0.717, 1.165) is 38.5 Å². The Labute approximate surface area is 403 Å². The van der Waals surface area contributed by atoms with Crippen LogP contribution < -0.4 is 0 Å². The molecule has 0 heterocycles. The molecule has 68 heavy (non-hydrogen) atoms. The van der Waals surface area contributed by atoms with Gasteiger partial charge in [-0.05, 0) is 76.7 Å². The molecule has 0 bridgehead atoms. The lowest BCUT2D eigenvalue weighted by atomic mass is 9.85. The molecule has 0 aliphatic heterocycles. The van der Waals surface area contributed by atoms with Crippen LogP contribution in [-0.4, -0.2) is 109 Å². The number of aliphatic hydroxyl groups is 4. The molecular formula is C49H80O17P2. The van der Waals surface area contributed by atoms with Crippen LogP contribution in [-0.2, 0) is 46.6 Å². The van der Waals surface area contributed by atoms with Crippen molar-refractivity contribution in [3.8, 4) is 0 Å². The number of rotatable bonds is 39. The van der Waals surface area contributed by atoms with Gasteiger partial charge in [-0.2, -0.15) is 0 Å². The third kappa shape index (κ3) is 32.6. The zero-order valence-corrected chi connectivity index (χ0v) is 41.8.